The molecule has 0 unspecified atom stereocenters. The zero-order chi connectivity index (χ0) is 15.0. The average Bonchev–Trinajstić information content (AvgIpc) is 2.74. The van der Waals surface area contributed by atoms with Crippen LogP contribution in [0.5, 0.6) is 0 Å². The fraction of sp³-hybridized carbons (Fsp3) is 0.714. The molecule has 0 spiro atoms. The molecule has 0 aliphatic rings. The Morgan fingerprint density at radius 3 is 2.80 bits per heavy atom. The largest absolute Gasteiger partial charge is 0.444 e. The summed E-state index contributed by atoms with van der Waals surface area (Å²) in [5.74, 6) is 0.585. The van der Waals surface area contributed by atoms with Crippen molar-refractivity contribution in [3.05, 3.63) is 11.8 Å². The Balaban J connectivity index is 2.40. The lowest BCUT2D eigenvalue weighted by atomic mass is 10.2. The highest BCUT2D eigenvalue weighted by Crippen LogP contribution is 2.13. The molecule has 1 heterocycles. The smallest absolute Gasteiger partial charge is 0.413 e. The topological polar surface area (TPSA) is 79.0 Å². The van der Waals surface area contributed by atoms with Crippen LogP contribution >= 0.6 is 0 Å². The van der Waals surface area contributed by atoms with Crippen molar-refractivity contribution in [2.45, 2.75) is 59.1 Å². The van der Waals surface area contributed by atoms with E-state index in [9.17, 15) is 4.79 Å². The number of hydrogen-bond acceptors (Lipinski definition) is 4. The van der Waals surface area contributed by atoms with Gasteiger partial charge in [0.15, 0.2) is 0 Å². The molecule has 0 atom stereocenters. The van der Waals surface area contributed by atoms with Crippen molar-refractivity contribution in [2.24, 2.45) is 0 Å². The molecule has 0 radical (unpaired) electrons. The minimum absolute atomic E-state index is 0.478. The first-order valence-corrected chi connectivity index (χ1v) is 7.15. The molecule has 0 fully saturated rings. The first kappa shape index (κ1) is 16.5. The summed E-state index contributed by atoms with van der Waals surface area (Å²) >= 11 is 0. The van der Waals surface area contributed by atoms with Crippen LogP contribution in [0.2, 0.25) is 0 Å². The third-order valence-electron chi connectivity index (χ3n) is 2.62. The van der Waals surface area contributed by atoms with Gasteiger partial charge in [0.1, 0.15) is 11.4 Å². The molecule has 0 bridgehead atoms. The minimum atomic E-state index is -0.511. The Labute approximate surface area is 120 Å². The number of unbranched alkanes of at least 4 members (excludes halogenated alkanes) is 2. The Bertz CT molecular complexity index is 410. The van der Waals surface area contributed by atoms with Gasteiger partial charge >= 0.3 is 6.09 Å². The number of carbonyl (C=O) groups is 1. The van der Waals surface area contributed by atoms with Gasteiger partial charge in [0, 0.05) is 12.1 Å². The highest BCUT2D eigenvalue weighted by atomic mass is 16.6. The number of aromatic nitrogens is 2. The molecule has 6 heteroatoms. The lowest BCUT2D eigenvalue weighted by molar-refractivity contribution is 0.0635. The van der Waals surface area contributed by atoms with Crippen molar-refractivity contribution in [2.75, 3.05) is 11.9 Å². The molecule has 0 saturated heterocycles. The van der Waals surface area contributed by atoms with Crippen LogP contribution < -0.4 is 10.6 Å². The zero-order valence-corrected chi connectivity index (χ0v) is 12.9. The standard InChI is InChI=1S/C14H26N4O2/c1-5-6-7-8-15-9-11-10-16-18-12(11)17-13(19)20-14(2,3)4/h10,15H,5-9H2,1-4H3,(H2,16,17,18,19). The molecule has 0 aliphatic carbocycles. The predicted octanol–water partition coefficient (Wildman–Crippen LogP) is 3.04. The molecule has 0 saturated carbocycles. The third kappa shape index (κ3) is 6.56. The normalized spacial score (nSPS) is 11.4. The highest BCUT2D eigenvalue weighted by Gasteiger charge is 2.17. The van der Waals surface area contributed by atoms with Gasteiger partial charge in [-0.15, -0.1) is 0 Å². The van der Waals surface area contributed by atoms with Crippen LogP contribution in [-0.2, 0) is 11.3 Å². The minimum Gasteiger partial charge on any atom is -0.444 e. The summed E-state index contributed by atoms with van der Waals surface area (Å²) < 4.78 is 5.21. The number of nitrogens with one attached hydrogen (secondary N) is 3. The number of hydrogen-bond donors (Lipinski definition) is 3. The van der Waals surface area contributed by atoms with Gasteiger partial charge in [-0.05, 0) is 33.7 Å². The summed E-state index contributed by atoms with van der Waals surface area (Å²) in [6.45, 7) is 9.30. The Kier molecular flexibility index (Phi) is 6.51. The number of H-pyrrole nitrogens is 1. The number of carbonyl (C=O) groups excluding carboxylic acids is 1. The lowest BCUT2D eigenvalue weighted by Crippen LogP contribution is -2.27. The van der Waals surface area contributed by atoms with Crippen LogP contribution in [0.3, 0.4) is 0 Å². The van der Waals surface area contributed by atoms with Gasteiger partial charge in [-0.2, -0.15) is 5.10 Å². The number of aromatic amines is 1. The van der Waals surface area contributed by atoms with E-state index in [1.807, 2.05) is 20.8 Å². The quantitative estimate of drug-likeness (QED) is 0.672. The molecule has 20 heavy (non-hydrogen) atoms. The van der Waals surface area contributed by atoms with Crippen LogP contribution in [-0.4, -0.2) is 28.4 Å². The molecule has 1 aromatic heterocycles. The van der Waals surface area contributed by atoms with E-state index < -0.39 is 11.7 Å². The average molecular weight is 282 g/mol. The van der Waals surface area contributed by atoms with E-state index in [2.05, 4.69) is 27.8 Å². The monoisotopic (exact) mass is 282 g/mol. The molecular formula is C14H26N4O2. The van der Waals surface area contributed by atoms with Gasteiger partial charge in [-0.1, -0.05) is 19.8 Å². The van der Waals surface area contributed by atoms with Crippen molar-refractivity contribution in [3.63, 3.8) is 0 Å². The molecule has 0 aromatic carbocycles. The summed E-state index contributed by atoms with van der Waals surface area (Å²) in [6.07, 6.45) is 4.82. The summed E-state index contributed by atoms with van der Waals surface area (Å²) in [5, 5.41) is 12.7. The maximum Gasteiger partial charge on any atom is 0.413 e. The van der Waals surface area contributed by atoms with Gasteiger partial charge < -0.3 is 10.1 Å². The summed E-state index contributed by atoms with van der Waals surface area (Å²) in [5.41, 5.74) is 0.412. The second-order valence-electron chi connectivity index (χ2n) is 5.78. The van der Waals surface area contributed by atoms with Gasteiger partial charge in [0.2, 0.25) is 0 Å². The van der Waals surface area contributed by atoms with Gasteiger partial charge in [0.25, 0.3) is 0 Å². The Morgan fingerprint density at radius 2 is 2.15 bits per heavy atom. The van der Waals surface area contributed by atoms with Gasteiger partial charge in [0.05, 0.1) is 6.20 Å². The lowest BCUT2D eigenvalue weighted by Gasteiger charge is -2.19. The maximum absolute atomic E-state index is 11.7. The molecule has 1 aromatic rings. The summed E-state index contributed by atoms with van der Waals surface area (Å²) in [7, 11) is 0. The van der Waals surface area contributed by atoms with Crippen LogP contribution in [0.4, 0.5) is 10.6 Å². The van der Waals surface area contributed by atoms with E-state index in [4.69, 9.17) is 4.74 Å². The predicted molar refractivity (Wildman–Crippen MR) is 79.7 cm³/mol. The third-order valence-corrected chi connectivity index (χ3v) is 2.62. The fourth-order valence-electron chi connectivity index (χ4n) is 1.68. The molecule has 6 nitrogen and oxygen atoms in total. The van der Waals surface area contributed by atoms with Crippen LogP contribution in [0.25, 0.3) is 0 Å². The number of amides is 1. The van der Waals surface area contributed by atoms with Crippen molar-refractivity contribution in [1.29, 1.82) is 0 Å². The summed E-state index contributed by atoms with van der Waals surface area (Å²) in [4.78, 5) is 11.7. The van der Waals surface area contributed by atoms with E-state index >= 15 is 0 Å². The SMILES string of the molecule is CCCCCNCc1cn[nH]c1NC(=O)OC(C)(C)C. The molecule has 114 valence electrons. The van der Waals surface area contributed by atoms with Crippen molar-refractivity contribution in [1.82, 2.24) is 15.5 Å². The molecule has 1 amide bonds. The van der Waals surface area contributed by atoms with E-state index in [0.29, 0.717) is 12.4 Å². The molecule has 1 rings (SSSR count). The van der Waals surface area contributed by atoms with E-state index in [0.717, 1.165) is 18.5 Å². The van der Waals surface area contributed by atoms with Crippen molar-refractivity contribution >= 4 is 11.9 Å². The van der Waals surface area contributed by atoms with Crippen molar-refractivity contribution in [3.8, 4) is 0 Å². The zero-order valence-electron chi connectivity index (χ0n) is 12.9. The van der Waals surface area contributed by atoms with E-state index in [-0.39, 0.29) is 0 Å². The Hall–Kier alpha value is -1.56. The first-order chi connectivity index (χ1) is 9.42. The van der Waals surface area contributed by atoms with E-state index in [1.165, 1.54) is 12.8 Å². The Morgan fingerprint density at radius 1 is 1.40 bits per heavy atom. The number of anilines is 1. The number of nitrogens with zero attached hydrogens (tertiary/aromatic N) is 1. The van der Waals surface area contributed by atoms with Gasteiger partial charge in [-0.3, -0.25) is 10.4 Å². The molecular weight excluding hydrogens is 256 g/mol. The second kappa shape index (κ2) is 7.89. The molecule has 3 N–H and O–H groups in total. The van der Waals surface area contributed by atoms with E-state index in [1.54, 1.807) is 6.20 Å². The first-order valence-electron chi connectivity index (χ1n) is 7.15. The van der Waals surface area contributed by atoms with Gasteiger partial charge in [-0.25, -0.2) is 4.79 Å². The van der Waals surface area contributed by atoms with Crippen LogP contribution in [0, 0.1) is 0 Å². The summed E-state index contributed by atoms with van der Waals surface area (Å²) in [6, 6.07) is 0. The number of ether oxygens (including phenoxy) is 1. The maximum atomic E-state index is 11.7. The van der Waals surface area contributed by atoms with Crippen LogP contribution in [0.15, 0.2) is 6.20 Å². The molecule has 0 aliphatic heterocycles. The number of rotatable bonds is 7. The van der Waals surface area contributed by atoms with Crippen LogP contribution in [0.1, 0.15) is 52.5 Å². The second-order valence-corrected chi connectivity index (χ2v) is 5.78. The van der Waals surface area contributed by atoms with Crippen molar-refractivity contribution < 1.29 is 9.53 Å². The highest BCUT2D eigenvalue weighted by molar-refractivity contribution is 5.84. The fourth-order valence-corrected chi connectivity index (χ4v) is 1.68.